The first-order valence-electron chi connectivity index (χ1n) is 7.20. The van der Waals surface area contributed by atoms with Gasteiger partial charge in [-0.15, -0.1) is 0 Å². The molecule has 1 saturated heterocycles. The summed E-state index contributed by atoms with van der Waals surface area (Å²) < 4.78 is 11.0. The van der Waals surface area contributed by atoms with Crippen molar-refractivity contribution in [2.45, 2.75) is 25.9 Å². The Morgan fingerprint density at radius 2 is 2.38 bits per heavy atom. The van der Waals surface area contributed by atoms with Crippen molar-refractivity contribution < 1.29 is 9.47 Å². The molecule has 2 N–H and O–H groups in total. The summed E-state index contributed by atoms with van der Waals surface area (Å²) in [7, 11) is 0. The van der Waals surface area contributed by atoms with E-state index >= 15 is 0 Å². The number of hydrogen-bond acceptors (Lipinski definition) is 4. The highest BCUT2D eigenvalue weighted by Crippen LogP contribution is 2.15. The number of hydrazone groups is 1. The molecule has 1 unspecified atom stereocenters. The molecule has 0 radical (unpaired) electrons. The minimum atomic E-state index is 0.257. The minimum Gasteiger partial charge on any atom is -0.493 e. The molecule has 0 aromatic heterocycles. The predicted octanol–water partition coefficient (Wildman–Crippen LogP) is 2.06. The summed E-state index contributed by atoms with van der Waals surface area (Å²) in [6.07, 6.45) is 4.16. The van der Waals surface area contributed by atoms with Crippen LogP contribution in [0.2, 0.25) is 0 Å². The number of rotatable bonds is 6. The zero-order valence-corrected chi connectivity index (χ0v) is 13.0. The average molecular weight is 307 g/mol. The highest BCUT2D eigenvalue weighted by atomic mass is 32.1. The second kappa shape index (κ2) is 8.59. The molecule has 1 heterocycles. The molecule has 0 saturated carbocycles. The highest BCUT2D eigenvalue weighted by Gasteiger charge is 2.14. The molecule has 6 heteroatoms. The van der Waals surface area contributed by atoms with Gasteiger partial charge in [0, 0.05) is 18.7 Å². The van der Waals surface area contributed by atoms with Crippen molar-refractivity contribution in [2.75, 3.05) is 19.8 Å². The van der Waals surface area contributed by atoms with Crippen LogP contribution in [0.3, 0.4) is 0 Å². The van der Waals surface area contributed by atoms with Crippen LogP contribution in [0.1, 0.15) is 25.3 Å². The van der Waals surface area contributed by atoms with E-state index in [0.29, 0.717) is 11.7 Å². The molecule has 0 amide bonds. The van der Waals surface area contributed by atoms with Crippen molar-refractivity contribution in [1.82, 2.24) is 10.7 Å². The van der Waals surface area contributed by atoms with Gasteiger partial charge < -0.3 is 14.8 Å². The largest absolute Gasteiger partial charge is 0.493 e. The molecule has 1 fully saturated rings. The lowest BCUT2D eigenvalue weighted by molar-refractivity contribution is 0.114. The lowest BCUT2D eigenvalue weighted by atomic mass is 10.2. The van der Waals surface area contributed by atoms with Gasteiger partial charge in [0.1, 0.15) is 5.75 Å². The van der Waals surface area contributed by atoms with E-state index in [9.17, 15) is 0 Å². The fourth-order valence-corrected chi connectivity index (χ4v) is 2.22. The topological polar surface area (TPSA) is 54.9 Å². The molecule has 1 aromatic rings. The Kier molecular flexibility index (Phi) is 6.43. The Balaban J connectivity index is 1.77. The molecular formula is C15H21N3O2S. The van der Waals surface area contributed by atoms with Crippen LogP contribution >= 0.6 is 12.2 Å². The normalized spacial score (nSPS) is 17.9. The van der Waals surface area contributed by atoms with Gasteiger partial charge in [-0.2, -0.15) is 5.10 Å². The zero-order chi connectivity index (χ0) is 14.9. The molecule has 0 spiro atoms. The second-order valence-electron chi connectivity index (χ2n) is 4.69. The zero-order valence-electron chi connectivity index (χ0n) is 12.2. The van der Waals surface area contributed by atoms with E-state index < -0.39 is 0 Å². The van der Waals surface area contributed by atoms with Gasteiger partial charge >= 0.3 is 0 Å². The number of ether oxygens (including phenoxy) is 2. The highest BCUT2D eigenvalue weighted by molar-refractivity contribution is 7.80. The van der Waals surface area contributed by atoms with Crippen molar-refractivity contribution >= 4 is 23.5 Å². The van der Waals surface area contributed by atoms with Gasteiger partial charge in [0.15, 0.2) is 5.11 Å². The summed E-state index contributed by atoms with van der Waals surface area (Å²) in [5, 5.41) is 7.73. The van der Waals surface area contributed by atoms with Gasteiger partial charge in [0.05, 0.1) is 18.9 Å². The standard InChI is InChI=1S/C15H21N3O2S/c1-2-19-14-8-4-3-6-12(14)10-17-18-15(21)16-11-13-7-5-9-20-13/h3-4,6,8,10,13H,2,5,7,9,11H2,1H3,(H2,16,18,21). The van der Waals surface area contributed by atoms with Crippen LogP contribution in [0.15, 0.2) is 29.4 Å². The number of thiocarbonyl (C=S) groups is 1. The quantitative estimate of drug-likeness (QED) is 0.479. The van der Waals surface area contributed by atoms with Crippen LogP contribution < -0.4 is 15.5 Å². The number of nitrogens with zero attached hydrogens (tertiary/aromatic N) is 1. The molecule has 1 aliphatic rings. The van der Waals surface area contributed by atoms with Gasteiger partial charge in [0.25, 0.3) is 0 Å². The van der Waals surface area contributed by atoms with Crippen molar-refractivity contribution in [3.05, 3.63) is 29.8 Å². The van der Waals surface area contributed by atoms with E-state index in [2.05, 4.69) is 15.8 Å². The smallest absolute Gasteiger partial charge is 0.187 e. The summed E-state index contributed by atoms with van der Waals surface area (Å²) in [6, 6.07) is 7.74. The third-order valence-corrected chi connectivity index (χ3v) is 3.34. The first-order valence-corrected chi connectivity index (χ1v) is 7.60. The Labute approximate surface area is 130 Å². The van der Waals surface area contributed by atoms with E-state index in [1.54, 1.807) is 6.21 Å². The number of nitrogens with one attached hydrogen (secondary N) is 2. The van der Waals surface area contributed by atoms with E-state index in [0.717, 1.165) is 37.3 Å². The van der Waals surface area contributed by atoms with Crippen molar-refractivity contribution in [3.63, 3.8) is 0 Å². The summed E-state index contributed by atoms with van der Waals surface area (Å²) >= 11 is 5.17. The van der Waals surface area contributed by atoms with Crippen LogP contribution in [-0.4, -0.2) is 37.2 Å². The molecule has 5 nitrogen and oxygen atoms in total. The molecule has 1 aromatic carbocycles. The lowest BCUT2D eigenvalue weighted by Crippen LogP contribution is -2.37. The molecular weight excluding hydrogens is 286 g/mol. The Morgan fingerprint density at radius 1 is 1.52 bits per heavy atom. The minimum absolute atomic E-state index is 0.257. The third kappa shape index (κ3) is 5.32. The fraction of sp³-hybridized carbons (Fsp3) is 0.467. The van der Waals surface area contributed by atoms with Crippen molar-refractivity contribution in [1.29, 1.82) is 0 Å². The van der Waals surface area contributed by atoms with Gasteiger partial charge in [-0.1, -0.05) is 12.1 Å². The van der Waals surface area contributed by atoms with Crippen LogP contribution in [0, 0.1) is 0 Å². The number of hydrogen-bond donors (Lipinski definition) is 2. The fourth-order valence-electron chi connectivity index (χ4n) is 2.09. The van der Waals surface area contributed by atoms with E-state index in [1.165, 1.54) is 0 Å². The Morgan fingerprint density at radius 3 is 3.14 bits per heavy atom. The second-order valence-corrected chi connectivity index (χ2v) is 5.09. The summed E-state index contributed by atoms with van der Waals surface area (Å²) in [6.45, 7) is 4.14. The Hall–Kier alpha value is -1.66. The predicted molar refractivity (Wildman–Crippen MR) is 87.9 cm³/mol. The first kappa shape index (κ1) is 15.7. The molecule has 1 atom stereocenters. The monoisotopic (exact) mass is 307 g/mol. The molecule has 0 aliphatic carbocycles. The van der Waals surface area contributed by atoms with Gasteiger partial charge in [-0.3, -0.25) is 5.43 Å². The summed E-state index contributed by atoms with van der Waals surface area (Å²) in [5.74, 6) is 0.809. The van der Waals surface area contributed by atoms with Crippen LogP contribution in [0.5, 0.6) is 5.75 Å². The van der Waals surface area contributed by atoms with Gasteiger partial charge in [-0.25, -0.2) is 0 Å². The van der Waals surface area contributed by atoms with Crippen molar-refractivity contribution in [3.8, 4) is 5.75 Å². The third-order valence-electron chi connectivity index (χ3n) is 3.10. The Bertz CT molecular complexity index is 488. The molecule has 21 heavy (non-hydrogen) atoms. The molecule has 1 aliphatic heterocycles. The van der Waals surface area contributed by atoms with Crippen LogP contribution in [0.25, 0.3) is 0 Å². The van der Waals surface area contributed by atoms with Crippen LogP contribution in [0.4, 0.5) is 0 Å². The lowest BCUT2D eigenvalue weighted by Gasteiger charge is -2.11. The maximum atomic E-state index is 5.53. The average Bonchev–Trinajstić information content (AvgIpc) is 3.00. The maximum Gasteiger partial charge on any atom is 0.187 e. The van der Waals surface area contributed by atoms with Crippen molar-refractivity contribution in [2.24, 2.45) is 5.10 Å². The summed E-state index contributed by atoms with van der Waals surface area (Å²) in [4.78, 5) is 0. The maximum absolute atomic E-state index is 5.53. The molecule has 2 rings (SSSR count). The van der Waals surface area contributed by atoms with E-state index in [1.807, 2.05) is 31.2 Å². The number of para-hydroxylation sites is 1. The molecule has 0 bridgehead atoms. The van der Waals surface area contributed by atoms with Crippen LogP contribution in [-0.2, 0) is 4.74 Å². The first-order chi connectivity index (χ1) is 10.3. The summed E-state index contributed by atoms with van der Waals surface area (Å²) in [5.41, 5.74) is 3.71. The van der Waals surface area contributed by atoms with Gasteiger partial charge in [-0.05, 0) is 44.1 Å². The number of benzene rings is 1. The SMILES string of the molecule is CCOc1ccccc1C=NNC(=S)NCC1CCCO1. The van der Waals surface area contributed by atoms with Gasteiger partial charge in [0.2, 0.25) is 0 Å². The van der Waals surface area contributed by atoms with E-state index in [-0.39, 0.29) is 6.10 Å². The van der Waals surface area contributed by atoms with E-state index in [4.69, 9.17) is 21.7 Å². The molecule has 114 valence electrons.